The monoisotopic (exact) mass is 259 g/mol. The standard InChI is InChI=1S/C13H17N5O/c1-13(2,3)10-11(19)16-12(18-17-10)15-9-6-4-8(14)5-7-9/h4-7H,14H2,1-3H3,(H2,15,16,18,19). The summed E-state index contributed by atoms with van der Waals surface area (Å²) in [7, 11) is 0. The summed E-state index contributed by atoms with van der Waals surface area (Å²) in [5, 5.41) is 10.9. The number of benzene rings is 1. The van der Waals surface area contributed by atoms with Crippen molar-refractivity contribution in [3.05, 3.63) is 40.3 Å². The first-order valence-electron chi connectivity index (χ1n) is 5.96. The van der Waals surface area contributed by atoms with Crippen LogP contribution in [0.25, 0.3) is 0 Å². The van der Waals surface area contributed by atoms with Crippen LogP contribution in [0.3, 0.4) is 0 Å². The van der Waals surface area contributed by atoms with Gasteiger partial charge < -0.3 is 11.1 Å². The summed E-state index contributed by atoms with van der Waals surface area (Å²) in [5.41, 5.74) is 6.90. The van der Waals surface area contributed by atoms with Gasteiger partial charge in [0.25, 0.3) is 5.56 Å². The fourth-order valence-electron chi connectivity index (χ4n) is 1.59. The highest BCUT2D eigenvalue weighted by molar-refractivity contribution is 5.56. The molecule has 0 spiro atoms. The maximum absolute atomic E-state index is 11.9. The largest absolute Gasteiger partial charge is 0.399 e. The summed E-state index contributed by atoms with van der Waals surface area (Å²) in [4.78, 5) is 14.6. The highest BCUT2D eigenvalue weighted by Crippen LogP contribution is 2.17. The molecule has 19 heavy (non-hydrogen) atoms. The highest BCUT2D eigenvalue weighted by Gasteiger charge is 2.20. The Morgan fingerprint density at radius 1 is 1.16 bits per heavy atom. The van der Waals surface area contributed by atoms with Gasteiger partial charge in [-0.15, -0.1) is 10.2 Å². The molecule has 0 saturated heterocycles. The molecule has 2 aromatic rings. The molecule has 0 atom stereocenters. The summed E-state index contributed by atoms with van der Waals surface area (Å²) < 4.78 is 0. The van der Waals surface area contributed by atoms with Crippen molar-refractivity contribution in [1.29, 1.82) is 0 Å². The third kappa shape index (κ3) is 3.09. The van der Waals surface area contributed by atoms with E-state index in [1.807, 2.05) is 20.8 Å². The van der Waals surface area contributed by atoms with Crippen molar-refractivity contribution < 1.29 is 0 Å². The van der Waals surface area contributed by atoms with Crippen LogP contribution in [0.2, 0.25) is 0 Å². The molecule has 1 aromatic carbocycles. The lowest BCUT2D eigenvalue weighted by Crippen LogP contribution is -2.28. The molecule has 1 aromatic heterocycles. The van der Waals surface area contributed by atoms with Gasteiger partial charge in [0.15, 0.2) is 0 Å². The van der Waals surface area contributed by atoms with Crippen LogP contribution in [0.5, 0.6) is 0 Å². The number of H-pyrrole nitrogens is 1. The van der Waals surface area contributed by atoms with Gasteiger partial charge in [-0.05, 0) is 24.3 Å². The minimum atomic E-state index is -0.333. The molecule has 0 fully saturated rings. The Balaban J connectivity index is 2.26. The zero-order chi connectivity index (χ0) is 14.0. The number of aromatic amines is 1. The molecular formula is C13H17N5O. The number of nitrogen functional groups attached to an aromatic ring is 1. The second-order valence-corrected chi connectivity index (χ2v) is 5.35. The summed E-state index contributed by atoms with van der Waals surface area (Å²) in [6.07, 6.45) is 0. The quantitative estimate of drug-likeness (QED) is 0.714. The minimum Gasteiger partial charge on any atom is -0.399 e. The van der Waals surface area contributed by atoms with Crippen LogP contribution in [-0.4, -0.2) is 15.2 Å². The molecule has 0 radical (unpaired) electrons. The van der Waals surface area contributed by atoms with Crippen molar-refractivity contribution in [2.75, 3.05) is 11.1 Å². The first-order valence-corrected chi connectivity index (χ1v) is 5.96. The second kappa shape index (κ2) is 4.72. The SMILES string of the molecule is CC(C)(C)c1nnc(Nc2ccc(N)cc2)[nH]c1=O. The fourth-order valence-corrected chi connectivity index (χ4v) is 1.59. The van der Waals surface area contributed by atoms with Crippen LogP contribution in [-0.2, 0) is 5.41 Å². The molecule has 0 amide bonds. The van der Waals surface area contributed by atoms with Gasteiger partial charge in [-0.2, -0.15) is 0 Å². The number of hydrogen-bond donors (Lipinski definition) is 3. The molecule has 0 saturated carbocycles. The normalized spacial score (nSPS) is 11.3. The molecule has 2 rings (SSSR count). The van der Waals surface area contributed by atoms with E-state index < -0.39 is 0 Å². The molecule has 6 heteroatoms. The lowest BCUT2D eigenvalue weighted by atomic mass is 9.93. The van der Waals surface area contributed by atoms with Crippen molar-refractivity contribution in [2.45, 2.75) is 26.2 Å². The minimum absolute atomic E-state index is 0.236. The van der Waals surface area contributed by atoms with Crippen molar-refractivity contribution in [2.24, 2.45) is 0 Å². The number of anilines is 3. The van der Waals surface area contributed by atoms with E-state index in [1.54, 1.807) is 24.3 Å². The molecular weight excluding hydrogens is 242 g/mol. The van der Waals surface area contributed by atoms with Crippen molar-refractivity contribution in [3.63, 3.8) is 0 Å². The lowest BCUT2D eigenvalue weighted by Gasteiger charge is -2.15. The zero-order valence-electron chi connectivity index (χ0n) is 11.2. The van der Waals surface area contributed by atoms with Crippen LogP contribution < -0.4 is 16.6 Å². The smallest absolute Gasteiger partial charge is 0.274 e. The predicted octanol–water partition coefficient (Wildman–Crippen LogP) is 1.79. The van der Waals surface area contributed by atoms with Gasteiger partial charge >= 0.3 is 0 Å². The lowest BCUT2D eigenvalue weighted by molar-refractivity contribution is 0.547. The molecule has 0 bridgehead atoms. The Kier molecular flexibility index (Phi) is 3.25. The van der Waals surface area contributed by atoms with Gasteiger partial charge in [-0.3, -0.25) is 9.78 Å². The summed E-state index contributed by atoms with van der Waals surface area (Å²) in [6.45, 7) is 5.75. The van der Waals surface area contributed by atoms with E-state index in [9.17, 15) is 4.79 Å². The van der Waals surface area contributed by atoms with Gasteiger partial charge in [-0.25, -0.2) is 0 Å². The van der Waals surface area contributed by atoms with Gasteiger partial charge in [0, 0.05) is 16.8 Å². The van der Waals surface area contributed by atoms with Gasteiger partial charge in [-0.1, -0.05) is 20.8 Å². The second-order valence-electron chi connectivity index (χ2n) is 5.35. The predicted molar refractivity (Wildman–Crippen MR) is 75.5 cm³/mol. The maximum atomic E-state index is 11.9. The summed E-state index contributed by atoms with van der Waals surface area (Å²) >= 11 is 0. The summed E-state index contributed by atoms with van der Waals surface area (Å²) in [5.74, 6) is 0.308. The Labute approximate surface area is 111 Å². The Morgan fingerprint density at radius 3 is 2.32 bits per heavy atom. The molecule has 0 aliphatic rings. The molecule has 100 valence electrons. The van der Waals surface area contributed by atoms with Crippen molar-refractivity contribution >= 4 is 17.3 Å². The molecule has 0 aliphatic carbocycles. The first kappa shape index (κ1) is 13.1. The van der Waals surface area contributed by atoms with Gasteiger partial charge in [0.05, 0.1) is 0 Å². The van der Waals surface area contributed by atoms with Crippen LogP contribution in [0, 0.1) is 0 Å². The van der Waals surface area contributed by atoms with Crippen LogP contribution in [0.1, 0.15) is 26.5 Å². The first-order chi connectivity index (χ1) is 8.86. The Hall–Kier alpha value is -2.37. The fraction of sp³-hybridized carbons (Fsp3) is 0.308. The van der Waals surface area contributed by atoms with E-state index in [2.05, 4.69) is 20.5 Å². The van der Waals surface area contributed by atoms with E-state index in [0.29, 0.717) is 17.3 Å². The number of rotatable bonds is 2. The van der Waals surface area contributed by atoms with Crippen LogP contribution in [0.4, 0.5) is 17.3 Å². The Morgan fingerprint density at radius 2 is 1.79 bits per heavy atom. The van der Waals surface area contributed by atoms with E-state index in [-0.39, 0.29) is 11.0 Å². The average Bonchev–Trinajstić information content (AvgIpc) is 2.30. The van der Waals surface area contributed by atoms with Crippen LogP contribution in [0.15, 0.2) is 29.1 Å². The van der Waals surface area contributed by atoms with Crippen molar-refractivity contribution in [1.82, 2.24) is 15.2 Å². The van der Waals surface area contributed by atoms with E-state index in [0.717, 1.165) is 5.69 Å². The third-order valence-electron chi connectivity index (χ3n) is 2.58. The molecule has 1 heterocycles. The molecule has 4 N–H and O–H groups in total. The average molecular weight is 259 g/mol. The number of nitrogens with one attached hydrogen (secondary N) is 2. The third-order valence-corrected chi connectivity index (χ3v) is 2.58. The Bertz CT molecular complexity index is 625. The van der Waals surface area contributed by atoms with E-state index in [4.69, 9.17) is 5.73 Å². The summed E-state index contributed by atoms with van der Waals surface area (Å²) in [6, 6.07) is 7.12. The zero-order valence-corrected chi connectivity index (χ0v) is 11.2. The van der Waals surface area contributed by atoms with Gasteiger partial charge in [0.2, 0.25) is 5.95 Å². The highest BCUT2D eigenvalue weighted by atomic mass is 16.1. The van der Waals surface area contributed by atoms with Gasteiger partial charge in [0.1, 0.15) is 5.69 Å². The molecule has 0 aliphatic heterocycles. The topological polar surface area (TPSA) is 96.7 Å². The van der Waals surface area contributed by atoms with E-state index >= 15 is 0 Å². The van der Waals surface area contributed by atoms with Crippen LogP contribution >= 0.6 is 0 Å². The number of nitrogens with zero attached hydrogens (tertiary/aromatic N) is 2. The molecule has 6 nitrogen and oxygen atoms in total. The maximum Gasteiger partial charge on any atom is 0.274 e. The number of hydrogen-bond acceptors (Lipinski definition) is 5. The molecule has 0 unspecified atom stereocenters. The van der Waals surface area contributed by atoms with Crippen molar-refractivity contribution in [3.8, 4) is 0 Å². The number of aromatic nitrogens is 3. The van der Waals surface area contributed by atoms with E-state index in [1.165, 1.54) is 0 Å². The number of nitrogens with two attached hydrogens (primary N) is 1.